The molecule has 1 nitrogen and oxygen atoms in total. The van der Waals surface area contributed by atoms with E-state index in [4.69, 9.17) is 0 Å². The first-order valence-corrected chi connectivity index (χ1v) is 7.39. The second kappa shape index (κ2) is 5.19. The highest BCUT2D eigenvalue weighted by molar-refractivity contribution is 5.55. The fraction of sp³-hybridized carbons (Fsp3) is 0.667. The van der Waals surface area contributed by atoms with Crippen molar-refractivity contribution in [2.45, 2.75) is 61.8 Å². The Labute approximate surface area is 119 Å². The van der Waals surface area contributed by atoms with Gasteiger partial charge in [-0.2, -0.15) is 0 Å². The van der Waals surface area contributed by atoms with Gasteiger partial charge in [-0.05, 0) is 49.3 Å². The van der Waals surface area contributed by atoms with Crippen LogP contribution in [-0.4, -0.2) is 7.05 Å². The van der Waals surface area contributed by atoms with Gasteiger partial charge in [-0.1, -0.05) is 46.3 Å². The number of allylic oxidation sites excluding steroid dienone is 5. The van der Waals surface area contributed by atoms with Gasteiger partial charge < -0.3 is 5.32 Å². The number of nitrogens with one attached hydrogen (secondary N) is 1. The van der Waals surface area contributed by atoms with Crippen molar-refractivity contribution in [2.24, 2.45) is 10.8 Å². The van der Waals surface area contributed by atoms with Crippen molar-refractivity contribution >= 4 is 0 Å². The van der Waals surface area contributed by atoms with E-state index in [1.807, 2.05) is 7.05 Å². The molecule has 108 valence electrons. The van der Waals surface area contributed by atoms with Crippen LogP contribution in [0.5, 0.6) is 0 Å². The highest BCUT2D eigenvalue weighted by atomic mass is 14.8. The molecule has 1 rings (SSSR count). The molecular formula is C18H31N. The lowest BCUT2D eigenvalue weighted by Crippen LogP contribution is -2.28. The monoisotopic (exact) mass is 261 g/mol. The Bertz CT molecular complexity index is 456. The minimum absolute atomic E-state index is 0.126. The smallest absolute Gasteiger partial charge is 0.0399 e. The van der Waals surface area contributed by atoms with Crippen molar-refractivity contribution in [3.63, 3.8) is 0 Å². The van der Waals surface area contributed by atoms with Crippen molar-refractivity contribution in [1.82, 2.24) is 5.32 Å². The molecule has 1 aliphatic rings. The zero-order chi connectivity index (χ0) is 15.0. The molecule has 0 aliphatic heterocycles. The summed E-state index contributed by atoms with van der Waals surface area (Å²) in [5.41, 5.74) is 7.43. The summed E-state index contributed by atoms with van der Waals surface area (Å²) < 4.78 is 0. The molecular weight excluding hydrogens is 230 g/mol. The Morgan fingerprint density at radius 1 is 1.11 bits per heavy atom. The summed E-state index contributed by atoms with van der Waals surface area (Å²) in [6, 6.07) is 0. The van der Waals surface area contributed by atoms with Gasteiger partial charge in [0.1, 0.15) is 0 Å². The SMILES string of the molecule is CCC(C)(C)/C=C1\C(C)=C(NC)C(C)=C(C)C1(C)C. The average molecular weight is 261 g/mol. The van der Waals surface area contributed by atoms with Crippen LogP contribution in [0.25, 0.3) is 0 Å². The van der Waals surface area contributed by atoms with Crippen LogP contribution < -0.4 is 5.32 Å². The third kappa shape index (κ3) is 2.80. The first-order valence-electron chi connectivity index (χ1n) is 7.39. The fourth-order valence-corrected chi connectivity index (χ4v) is 2.90. The van der Waals surface area contributed by atoms with E-state index in [-0.39, 0.29) is 10.8 Å². The van der Waals surface area contributed by atoms with E-state index >= 15 is 0 Å². The molecule has 0 radical (unpaired) electrons. The number of likely N-dealkylation sites (N-methyl/N-ethyl adjacent to an activating group) is 1. The van der Waals surface area contributed by atoms with Crippen molar-refractivity contribution in [3.05, 3.63) is 34.1 Å². The Hall–Kier alpha value is -0.980. The van der Waals surface area contributed by atoms with Crippen LogP contribution >= 0.6 is 0 Å². The molecule has 0 saturated heterocycles. The Balaban J connectivity index is 3.52. The molecule has 0 spiro atoms. The summed E-state index contributed by atoms with van der Waals surface area (Å²) in [5.74, 6) is 0. The predicted octanol–water partition coefficient (Wildman–Crippen LogP) is 5.22. The van der Waals surface area contributed by atoms with Gasteiger partial charge in [-0.3, -0.25) is 0 Å². The van der Waals surface area contributed by atoms with Gasteiger partial charge in [0.15, 0.2) is 0 Å². The molecule has 0 aromatic heterocycles. The fourth-order valence-electron chi connectivity index (χ4n) is 2.90. The van der Waals surface area contributed by atoms with Crippen LogP contribution in [0, 0.1) is 10.8 Å². The molecule has 1 heteroatoms. The molecule has 1 N–H and O–H groups in total. The van der Waals surface area contributed by atoms with Gasteiger partial charge in [0.2, 0.25) is 0 Å². The van der Waals surface area contributed by atoms with Crippen LogP contribution in [0.3, 0.4) is 0 Å². The quantitative estimate of drug-likeness (QED) is 0.734. The standard InChI is InChI=1S/C18H31N/c1-10-17(5,6)11-15-13(3)16(19-9)12(2)14(4)18(15,7)8/h11,19H,10H2,1-9H3/b15-11+. The molecule has 0 aromatic carbocycles. The second-order valence-electron chi connectivity index (χ2n) is 7.03. The first-order chi connectivity index (χ1) is 8.58. The molecule has 0 heterocycles. The molecule has 0 bridgehead atoms. The van der Waals surface area contributed by atoms with Crippen molar-refractivity contribution < 1.29 is 0 Å². The normalized spacial score (nSPS) is 22.3. The first kappa shape index (κ1) is 16.1. The van der Waals surface area contributed by atoms with E-state index in [9.17, 15) is 0 Å². The lowest BCUT2D eigenvalue weighted by molar-refractivity contribution is 0.439. The number of hydrogen-bond acceptors (Lipinski definition) is 1. The van der Waals surface area contributed by atoms with Gasteiger partial charge in [0, 0.05) is 18.2 Å². The molecule has 19 heavy (non-hydrogen) atoms. The van der Waals surface area contributed by atoms with Gasteiger partial charge in [-0.25, -0.2) is 0 Å². The second-order valence-corrected chi connectivity index (χ2v) is 7.03. The number of rotatable bonds is 3. The van der Waals surface area contributed by atoms with Crippen molar-refractivity contribution in [2.75, 3.05) is 7.05 Å². The third-order valence-corrected chi connectivity index (χ3v) is 5.02. The predicted molar refractivity (Wildman–Crippen MR) is 86.1 cm³/mol. The zero-order valence-electron chi connectivity index (χ0n) is 14.3. The molecule has 0 unspecified atom stereocenters. The van der Waals surface area contributed by atoms with E-state index in [2.05, 4.69) is 66.8 Å². The maximum Gasteiger partial charge on any atom is 0.0399 e. The Morgan fingerprint density at radius 2 is 1.63 bits per heavy atom. The van der Waals surface area contributed by atoms with E-state index < -0.39 is 0 Å². The van der Waals surface area contributed by atoms with Gasteiger partial charge >= 0.3 is 0 Å². The van der Waals surface area contributed by atoms with E-state index in [0.717, 1.165) is 6.42 Å². The van der Waals surface area contributed by atoms with Crippen molar-refractivity contribution in [3.8, 4) is 0 Å². The van der Waals surface area contributed by atoms with Crippen LogP contribution in [0.2, 0.25) is 0 Å². The summed E-state index contributed by atoms with van der Waals surface area (Å²) in [6.07, 6.45) is 3.64. The van der Waals surface area contributed by atoms with Gasteiger partial charge in [-0.15, -0.1) is 0 Å². The third-order valence-electron chi connectivity index (χ3n) is 5.02. The topological polar surface area (TPSA) is 12.0 Å². The van der Waals surface area contributed by atoms with E-state index in [0.29, 0.717) is 0 Å². The van der Waals surface area contributed by atoms with Crippen LogP contribution in [0.4, 0.5) is 0 Å². The summed E-state index contributed by atoms with van der Waals surface area (Å²) in [6.45, 7) is 18.4. The molecule has 0 atom stereocenters. The maximum atomic E-state index is 3.39. The molecule has 1 aliphatic carbocycles. The molecule has 0 saturated carbocycles. The minimum atomic E-state index is 0.126. The summed E-state index contributed by atoms with van der Waals surface area (Å²) in [7, 11) is 2.02. The van der Waals surface area contributed by atoms with Crippen molar-refractivity contribution in [1.29, 1.82) is 0 Å². The summed E-state index contributed by atoms with van der Waals surface area (Å²) in [4.78, 5) is 0. The zero-order valence-corrected chi connectivity index (χ0v) is 14.3. The largest absolute Gasteiger partial charge is 0.388 e. The maximum absolute atomic E-state index is 3.39. The average Bonchev–Trinajstić information content (AvgIpc) is 2.34. The lowest BCUT2D eigenvalue weighted by Gasteiger charge is -2.39. The number of hydrogen-bond donors (Lipinski definition) is 1. The van der Waals surface area contributed by atoms with Gasteiger partial charge in [0.25, 0.3) is 0 Å². The van der Waals surface area contributed by atoms with Gasteiger partial charge in [0.05, 0.1) is 0 Å². The molecule has 0 amide bonds. The summed E-state index contributed by atoms with van der Waals surface area (Å²) >= 11 is 0. The van der Waals surface area contributed by atoms with Crippen LogP contribution in [0.15, 0.2) is 34.1 Å². The van der Waals surface area contributed by atoms with E-state index in [1.54, 1.807) is 0 Å². The van der Waals surface area contributed by atoms with Crippen LogP contribution in [-0.2, 0) is 0 Å². The Kier molecular flexibility index (Phi) is 4.39. The molecule has 0 aromatic rings. The van der Waals surface area contributed by atoms with E-state index in [1.165, 1.54) is 28.0 Å². The lowest BCUT2D eigenvalue weighted by atomic mass is 9.67. The highest BCUT2D eigenvalue weighted by Crippen LogP contribution is 2.47. The van der Waals surface area contributed by atoms with Crippen LogP contribution in [0.1, 0.15) is 61.8 Å². The Morgan fingerprint density at radius 3 is 2.05 bits per heavy atom. The highest BCUT2D eigenvalue weighted by Gasteiger charge is 2.34. The summed E-state index contributed by atoms with van der Waals surface area (Å²) in [5, 5.41) is 3.39. The minimum Gasteiger partial charge on any atom is -0.388 e. The molecule has 0 fully saturated rings.